The van der Waals surface area contributed by atoms with Crippen LogP contribution in [0.15, 0.2) is 60.8 Å². The number of aromatic amines is 1. The summed E-state index contributed by atoms with van der Waals surface area (Å²) < 4.78 is 14.2. The predicted molar refractivity (Wildman–Crippen MR) is 111 cm³/mol. The van der Waals surface area contributed by atoms with Crippen molar-refractivity contribution in [2.75, 3.05) is 26.2 Å². The van der Waals surface area contributed by atoms with E-state index in [1.807, 2.05) is 35.2 Å². The van der Waals surface area contributed by atoms with E-state index in [1.54, 1.807) is 12.1 Å². The van der Waals surface area contributed by atoms with E-state index in [-0.39, 0.29) is 10.9 Å². The van der Waals surface area contributed by atoms with Crippen molar-refractivity contribution in [3.8, 4) is 6.07 Å². The summed E-state index contributed by atoms with van der Waals surface area (Å²) in [5.74, 6) is -1.91. The number of aromatic nitrogens is 1. The molecule has 1 N–H and O–H groups in total. The highest BCUT2D eigenvalue weighted by Gasteiger charge is 2.29. The molecular weight excluding hydrogens is 383 g/mol. The molecule has 1 amide bonds. The van der Waals surface area contributed by atoms with Crippen molar-refractivity contribution in [2.24, 2.45) is 0 Å². The molecule has 0 aliphatic carbocycles. The number of allylic oxidation sites excluding steroid dienone is 1. The summed E-state index contributed by atoms with van der Waals surface area (Å²) in [4.78, 5) is 31.9. The Morgan fingerprint density at radius 2 is 1.70 bits per heavy atom. The molecule has 6 nitrogen and oxygen atoms in total. The summed E-state index contributed by atoms with van der Waals surface area (Å²) in [6.07, 6.45) is 2.88. The van der Waals surface area contributed by atoms with Crippen molar-refractivity contribution in [1.29, 1.82) is 5.26 Å². The van der Waals surface area contributed by atoms with E-state index in [1.165, 1.54) is 23.2 Å². The molecule has 1 aliphatic heterocycles. The number of hydrogen-bond acceptors (Lipinski definition) is 4. The van der Waals surface area contributed by atoms with Crippen LogP contribution in [0.3, 0.4) is 0 Å². The number of amides is 1. The number of nitrogens with zero attached hydrogens (tertiary/aromatic N) is 3. The lowest BCUT2D eigenvalue weighted by Crippen LogP contribution is -2.49. The lowest BCUT2D eigenvalue weighted by atomic mass is 10.1. The van der Waals surface area contributed by atoms with Gasteiger partial charge in [0.2, 0.25) is 0 Å². The van der Waals surface area contributed by atoms with Crippen LogP contribution >= 0.6 is 0 Å². The molecular formula is C23H19FN4O2. The number of ketones is 1. The van der Waals surface area contributed by atoms with Crippen molar-refractivity contribution < 1.29 is 14.0 Å². The van der Waals surface area contributed by atoms with E-state index in [0.717, 1.165) is 11.3 Å². The van der Waals surface area contributed by atoms with Crippen LogP contribution in [0.4, 0.5) is 4.39 Å². The van der Waals surface area contributed by atoms with Gasteiger partial charge < -0.3 is 14.8 Å². The van der Waals surface area contributed by atoms with E-state index >= 15 is 0 Å². The third kappa shape index (κ3) is 3.55. The Morgan fingerprint density at radius 3 is 2.40 bits per heavy atom. The molecule has 1 aliphatic rings. The molecule has 150 valence electrons. The molecule has 1 fully saturated rings. The highest BCUT2D eigenvalue weighted by molar-refractivity contribution is 6.44. The highest BCUT2D eigenvalue weighted by Crippen LogP contribution is 2.24. The van der Waals surface area contributed by atoms with Gasteiger partial charge in [-0.2, -0.15) is 5.26 Å². The van der Waals surface area contributed by atoms with Gasteiger partial charge >= 0.3 is 0 Å². The largest absolute Gasteiger partial charge is 0.367 e. The van der Waals surface area contributed by atoms with Crippen LogP contribution in [-0.4, -0.2) is 52.7 Å². The minimum atomic E-state index is -0.726. The maximum Gasteiger partial charge on any atom is 0.295 e. The van der Waals surface area contributed by atoms with Gasteiger partial charge in [-0.1, -0.05) is 36.4 Å². The number of benzene rings is 2. The Morgan fingerprint density at radius 1 is 1.00 bits per heavy atom. The van der Waals surface area contributed by atoms with Crippen LogP contribution < -0.4 is 0 Å². The molecule has 30 heavy (non-hydrogen) atoms. The molecule has 0 atom stereocenters. The Bertz CT molecular complexity index is 1170. The number of H-pyrrole nitrogens is 1. The minimum absolute atomic E-state index is 0.0462. The Balaban J connectivity index is 1.48. The van der Waals surface area contributed by atoms with Crippen LogP contribution in [-0.2, 0) is 4.79 Å². The van der Waals surface area contributed by atoms with Gasteiger partial charge in [0.05, 0.1) is 17.3 Å². The zero-order valence-electron chi connectivity index (χ0n) is 16.1. The summed E-state index contributed by atoms with van der Waals surface area (Å²) in [5, 5.41) is 9.30. The zero-order valence-corrected chi connectivity index (χ0v) is 16.1. The van der Waals surface area contributed by atoms with E-state index < -0.39 is 17.5 Å². The first-order valence-corrected chi connectivity index (χ1v) is 9.59. The molecule has 2 aromatic carbocycles. The SMILES string of the molecule is N#C/C=C(/c1ccccc1)N1CCN(C(=O)C(=O)c2c[nH]c3cccc(F)c23)CC1. The van der Waals surface area contributed by atoms with Crippen LogP contribution in [0.25, 0.3) is 16.6 Å². The minimum Gasteiger partial charge on any atom is -0.367 e. The molecule has 2 heterocycles. The molecule has 1 aromatic heterocycles. The fraction of sp³-hybridized carbons (Fsp3) is 0.174. The van der Waals surface area contributed by atoms with Crippen molar-refractivity contribution in [3.05, 3.63) is 77.7 Å². The Hall–Kier alpha value is -3.92. The number of Topliss-reactive ketones (excluding diaryl/α,β-unsaturated/α-hetero) is 1. The van der Waals surface area contributed by atoms with Crippen LogP contribution in [0.5, 0.6) is 0 Å². The first kappa shape index (κ1) is 19.4. The van der Waals surface area contributed by atoms with Crippen molar-refractivity contribution in [2.45, 2.75) is 0 Å². The maximum absolute atomic E-state index is 14.2. The second kappa shape index (κ2) is 8.21. The van der Waals surface area contributed by atoms with E-state index in [2.05, 4.69) is 11.1 Å². The molecule has 0 radical (unpaired) electrons. The van der Waals surface area contributed by atoms with E-state index in [9.17, 15) is 14.0 Å². The van der Waals surface area contributed by atoms with Crippen molar-refractivity contribution in [1.82, 2.24) is 14.8 Å². The number of fused-ring (bicyclic) bond motifs is 1. The Kier molecular flexibility index (Phi) is 5.31. The highest BCUT2D eigenvalue weighted by atomic mass is 19.1. The van der Waals surface area contributed by atoms with Gasteiger partial charge in [0.1, 0.15) is 5.82 Å². The fourth-order valence-electron chi connectivity index (χ4n) is 3.76. The lowest BCUT2D eigenvalue weighted by molar-refractivity contribution is -0.127. The van der Waals surface area contributed by atoms with Gasteiger partial charge in [-0.05, 0) is 17.7 Å². The van der Waals surface area contributed by atoms with Gasteiger partial charge in [-0.3, -0.25) is 9.59 Å². The molecule has 4 rings (SSSR count). The summed E-state index contributed by atoms with van der Waals surface area (Å²) in [6.45, 7) is 1.66. The topological polar surface area (TPSA) is 80.2 Å². The van der Waals surface area contributed by atoms with Gasteiger partial charge in [-0.15, -0.1) is 0 Å². The number of rotatable bonds is 4. The standard InChI is InChI=1S/C23H19FN4O2/c24-18-7-4-8-19-21(18)17(15-26-19)22(29)23(30)28-13-11-27(12-14-28)20(9-10-25)16-5-2-1-3-6-16/h1-9,15,26H,11-14H2/b20-9-. The number of carbonyl (C=O) groups excluding carboxylic acids is 2. The second-order valence-electron chi connectivity index (χ2n) is 7.00. The van der Waals surface area contributed by atoms with Gasteiger partial charge in [0.15, 0.2) is 0 Å². The second-order valence-corrected chi connectivity index (χ2v) is 7.00. The average Bonchev–Trinajstić information content (AvgIpc) is 3.23. The molecule has 7 heteroatoms. The summed E-state index contributed by atoms with van der Waals surface area (Å²) >= 11 is 0. The smallest absolute Gasteiger partial charge is 0.295 e. The number of nitriles is 1. The maximum atomic E-state index is 14.2. The van der Waals surface area contributed by atoms with Gasteiger partial charge in [-0.25, -0.2) is 4.39 Å². The van der Waals surface area contributed by atoms with Gasteiger partial charge in [0, 0.05) is 49.4 Å². The summed E-state index contributed by atoms with van der Waals surface area (Å²) in [5.41, 5.74) is 2.23. The normalized spacial score (nSPS) is 14.6. The third-order valence-electron chi connectivity index (χ3n) is 5.27. The Labute approximate surface area is 172 Å². The van der Waals surface area contributed by atoms with E-state index in [0.29, 0.717) is 31.7 Å². The molecule has 3 aromatic rings. The van der Waals surface area contributed by atoms with E-state index in [4.69, 9.17) is 5.26 Å². The monoisotopic (exact) mass is 402 g/mol. The summed E-state index contributed by atoms with van der Waals surface area (Å²) in [6, 6.07) is 16.1. The lowest BCUT2D eigenvalue weighted by Gasteiger charge is -2.37. The first-order chi connectivity index (χ1) is 14.6. The quantitative estimate of drug-likeness (QED) is 0.413. The van der Waals surface area contributed by atoms with Crippen molar-refractivity contribution >= 4 is 28.3 Å². The van der Waals surface area contributed by atoms with Gasteiger partial charge in [0.25, 0.3) is 11.7 Å². The fourth-order valence-corrected chi connectivity index (χ4v) is 3.76. The van der Waals surface area contributed by atoms with Crippen LogP contribution in [0.1, 0.15) is 15.9 Å². The molecule has 0 bridgehead atoms. The predicted octanol–water partition coefficient (Wildman–Crippen LogP) is 3.20. The number of piperazine rings is 1. The number of hydrogen-bond donors (Lipinski definition) is 1. The molecule has 1 saturated heterocycles. The molecule has 0 unspecified atom stereocenters. The third-order valence-corrected chi connectivity index (χ3v) is 5.27. The average molecular weight is 402 g/mol. The van der Waals surface area contributed by atoms with Crippen LogP contribution in [0.2, 0.25) is 0 Å². The first-order valence-electron chi connectivity index (χ1n) is 9.59. The van der Waals surface area contributed by atoms with Crippen molar-refractivity contribution in [3.63, 3.8) is 0 Å². The number of carbonyl (C=O) groups is 2. The van der Waals surface area contributed by atoms with Crippen LogP contribution in [0, 0.1) is 17.1 Å². The zero-order chi connectivity index (χ0) is 21.1. The number of halogens is 1. The molecule has 0 saturated carbocycles. The number of nitrogens with one attached hydrogen (secondary N) is 1. The summed E-state index contributed by atoms with van der Waals surface area (Å²) in [7, 11) is 0. The molecule has 0 spiro atoms.